The van der Waals surface area contributed by atoms with Crippen LogP contribution in [0.3, 0.4) is 0 Å². The van der Waals surface area contributed by atoms with Crippen LogP contribution in [0.25, 0.3) is 0 Å². The van der Waals surface area contributed by atoms with Crippen LogP contribution in [-0.4, -0.2) is 28.8 Å². The first-order valence-electron chi connectivity index (χ1n) is 8.69. The Kier molecular flexibility index (Phi) is 6.45. The third-order valence-electron chi connectivity index (χ3n) is 3.63. The lowest BCUT2D eigenvalue weighted by Crippen LogP contribution is -2.44. The summed E-state index contributed by atoms with van der Waals surface area (Å²) in [5.41, 5.74) is 1.07. The summed E-state index contributed by atoms with van der Waals surface area (Å²) in [5, 5.41) is 11.9. The highest BCUT2D eigenvalue weighted by Crippen LogP contribution is 2.26. The fourth-order valence-corrected chi connectivity index (χ4v) is 2.38. The zero-order valence-corrected chi connectivity index (χ0v) is 16.0. The van der Waals surface area contributed by atoms with Gasteiger partial charge in [0.1, 0.15) is 23.1 Å². The molecular weight excluding hydrogens is 346 g/mol. The maximum atomic E-state index is 11.9. The molecule has 2 rings (SSSR count). The maximum Gasteiger partial charge on any atom is 0.408 e. The first kappa shape index (κ1) is 20.3. The van der Waals surface area contributed by atoms with Crippen molar-refractivity contribution < 1.29 is 24.2 Å². The van der Waals surface area contributed by atoms with E-state index in [9.17, 15) is 14.7 Å². The molecule has 0 fully saturated rings. The van der Waals surface area contributed by atoms with Gasteiger partial charge in [0, 0.05) is 6.42 Å². The Balaban J connectivity index is 2.15. The number of ether oxygens (including phenoxy) is 2. The van der Waals surface area contributed by atoms with Crippen LogP contribution in [0, 0.1) is 6.92 Å². The fourth-order valence-electron chi connectivity index (χ4n) is 2.38. The van der Waals surface area contributed by atoms with Crippen molar-refractivity contribution in [2.75, 3.05) is 0 Å². The minimum atomic E-state index is -1.15. The summed E-state index contributed by atoms with van der Waals surface area (Å²) in [6.45, 7) is 7.13. The summed E-state index contributed by atoms with van der Waals surface area (Å²) >= 11 is 0. The molecular formula is C21H25NO5. The molecule has 0 aliphatic carbocycles. The highest BCUT2D eigenvalue weighted by atomic mass is 16.6. The molecule has 0 aliphatic heterocycles. The smallest absolute Gasteiger partial charge is 0.408 e. The lowest BCUT2D eigenvalue weighted by Gasteiger charge is -2.22. The van der Waals surface area contributed by atoms with Gasteiger partial charge in [0.25, 0.3) is 0 Å². The lowest BCUT2D eigenvalue weighted by molar-refractivity contribution is -0.139. The van der Waals surface area contributed by atoms with Crippen LogP contribution >= 0.6 is 0 Å². The van der Waals surface area contributed by atoms with Gasteiger partial charge in [-0.2, -0.15) is 0 Å². The molecule has 0 radical (unpaired) electrons. The van der Waals surface area contributed by atoms with Gasteiger partial charge >= 0.3 is 12.1 Å². The molecule has 0 bridgehead atoms. The van der Waals surface area contributed by atoms with Crippen LogP contribution in [0.4, 0.5) is 4.79 Å². The van der Waals surface area contributed by atoms with Crippen LogP contribution in [0.5, 0.6) is 11.5 Å². The number of hydrogen-bond acceptors (Lipinski definition) is 4. The number of benzene rings is 2. The van der Waals surface area contributed by atoms with Crippen LogP contribution in [-0.2, 0) is 16.0 Å². The Morgan fingerprint density at radius 1 is 1.07 bits per heavy atom. The molecule has 27 heavy (non-hydrogen) atoms. The minimum Gasteiger partial charge on any atom is -0.480 e. The molecule has 0 aliphatic rings. The number of carboxylic acids is 1. The second kappa shape index (κ2) is 8.58. The number of aliphatic carboxylic acids is 1. The van der Waals surface area contributed by atoms with E-state index in [4.69, 9.17) is 9.47 Å². The number of hydrogen-bond donors (Lipinski definition) is 2. The SMILES string of the molecule is Cc1ccc(Oc2ccccc2CC(NC(=O)OC(C)(C)C)C(=O)O)cc1. The molecule has 2 aromatic carbocycles. The van der Waals surface area contributed by atoms with Crippen molar-refractivity contribution in [1.82, 2.24) is 5.32 Å². The normalized spacial score (nSPS) is 12.1. The summed E-state index contributed by atoms with van der Waals surface area (Å²) in [6.07, 6.45) is -0.705. The number of aryl methyl sites for hydroxylation is 1. The van der Waals surface area contributed by atoms with Crippen LogP contribution < -0.4 is 10.1 Å². The Morgan fingerprint density at radius 3 is 2.30 bits per heavy atom. The largest absolute Gasteiger partial charge is 0.480 e. The Bertz CT molecular complexity index is 793. The van der Waals surface area contributed by atoms with E-state index in [1.165, 1.54) is 0 Å². The number of carbonyl (C=O) groups excluding carboxylic acids is 1. The number of nitrogens with one attached hydrogen (secondary N) is 1. The number of alkyl carbamates (subject to hydrolysis) is 1. The molecule has 0 spiro atoms. The van der Waals surface area contributed by atoms with Crippen molar-refractivity contribution >= 4 is 12.1 Å². The molecule has 1 unspecified atom stereocenters. The zero-order valence-electron chi connectivity index (χ0n) is 16.0. The number of amides is 1. The molecule has 2 N–H and O–H groups in total. The first-order chi connectivity index (χ1) is 12.6. The highest BCUT2D eigenvalue weighted by Gasteiger charge is 2.25. The zero-order chi connectivity index (χ0) is 20.0. The molecule has 0 saturated heterocycles. The van der Waals surface area contributed by atoms with E-state index in [1.54, 1.807) is 39.0 Å². The molecule has 144 valence electrons. The summed E-state index contributed by atoms with van der Waals surface area (Å²) in [6, 6.07) is 13.6. The molecule has 0 saturated carbocycles. The number of carboxylic acid groups (broad SMARTS) is 1. The summed E-state index contributed by atoms with van der Waals surface area (Å²) in [4.78, 5) is 23.5. The standard InChI is InChI=1S/C21H25NO5/c1-14-9-11-16(12-10-14)26-18-8-6-5-7-15(18)13-17(19(23)24)22-20(25)27-21(2,3)4/h5-12,17H,13H2,1-4H3,(H,22,25)(H,23,24). The molecule has 0 aromatic heterocycles. The maximum absolute atomic E-state index is 11.9. The van der Waals surface area contributed by atoms with E-state index in [1.807, 2.05) is 37.3 Å². The van der Waals surface area contributed by atoms with E-state index >= 15 is 0 Å². The van der Waals surface area contributed by atoms with E-state index in [0.29, 0.717) is 17.1 Å². The Hall–Kier alpha value is -3.02. The monoisotopic (exact) mass is 371 g/mol. The number of carbonyl (C=O) groups is 2. The topological polar surface area (TPSA) is 84.9 Å². The van der Waals surface area contributed by atoms with Gasteiger partial charge in [-0.3, -0.25) is 0 Å². The van der Waals surface area contributed by atoms with Gasteiger partial charge in [-0.05, 0) is 51.5 Å². The van der Waals surface area contributed by atoms with Gasteiger partial charge in [-0.25, -0.2) is 9.59 Å². The third-order valence-corrected chi connectivity index (χ3v) is 3.63. The van der Waals surface area contributed by atoms with Crippen molar-refractivity contribution in [1.29, 1.82) is 0 Å². The van der Waals surface area contributed by atoms with Crippen molar-refractivity contribution in [3.05, 3.63) is 59.7 Å². The molecule has 1 atom stereocenters. The second-order valence-electron chi connectivity index (χ2n) is 7.26. The summed E-state index contributed by atoms with van der Waals surface area (Å²) < 4.78 is 11.0. The van der Waals surface area contributed by atoms with E-state index in [2.05, 4.69) is 5.32 Å². The van der Waals surface area contributed by atoms with Crippen molar-refractivity contribution in [3.8, 4) is 11.5 Å². The quantitative estimate of drug-likeness (QED) is 0.790. The van der Waals surface area contributed by atoms with Crippen molar-refractivity contribution in [2.24, 2.45) is 0 Å². The molecule has 6 nitrogen and oxygen atoms in total. The third kappa shape index (κ3) is 6.66. The molecule has 1 amide bonds. The summed E-state index contributed by atoms with van der Waals surface area (Å²) in [7, 11) is 0. The van der Waals surface area contributed by atoms with Crippen LogP contribution in [0.15, 0.2) is 48.5 Å². The fraction of sp³-hybridized carbons (Fsp3) is 0.333. The summed E-state index contributed by atoms with van der Waals surface area (Å²) in [5.74, 6) is 0.0459. The Labute approximate surface area is 159 Å². The van der Waals surface area contributed by atoms with Gasteiger partial charge in [-0.1, -0.05) is 35.9 Å². The molecule has 0 heterocycles. The predicted molar refractivity (Wildman–Crippen MR) is 102 cm³/mol. The molecule has 6 heteroatoms. The van der Waals surface area contributed by atoms with Crippen molar-refractivity contribution in [2.45, 2.75) is 45.8 Å². The predicted octanol–water partition coefficient (Wildman–Crippen LogP) is 4.31. The highest BCUT2D eigenvalue weighted by molar-refractivity contribution is 5.80. The van der Waals surface area contributed by atoms with Gasteiger partial charge in [0.05, 0.1) is 0 Å². The van der Waals surface area contributed by atoms with Gasteiger partial charge in [0.2, 0.25) is 0 Å². The molecule has 2 aromatic rings. The van der Waals surface area contributed by atoms with Gasteiger partial charge in [-0.15, -0.1) is 0 Å². The Morgan fingerprint density at radius 2 is 1.70 bits per heavy atom. The van der Waals surface area contributed by atoms with Gasteiger partial charge < -0.3 is 19.9 Å². The second-order valence-corrected chi connectivity index (χ2v) is 7.26. The minimum absolute atomic E-state index is 0.0661. The van der Waals surface area contributed by atoms with Crippen LogP contribution in [0.2, 0.25) is 0 Å². The van der Waals surface area contributed by atoms with E-state index in [-0.39, 0.29) is 6.42 Å². The first-order valence-corrected chi connectivity index (χ1v) is 8.69. The lowest BCUT2D eigenvalue weighted by atomic mass is 10.0. The van der Waals surface area contributed by atoms with Crippen LogP contribution in [0.1, 0.15) is 31.9 Å². The van der Waals surface area contributed by atoms with E-state index < -0.39 is 23.7 Å². The average Bonchev–Trinajstić information content (AvgIpc) is 2.56. The number of rotatable bonds is 6. The van der Waals surface area contributed by atoms with Crippen molar-refractivity contribution in [3.63, 3.8) is 0 Å². The number of para-hydroxylation sites is 1. The van der Waals surface area contributed by atoms with E-state index in [0.717, 1.165) is 5.56 Å². The van der Waals surface area contributed by atoms with Gasteiger partial charge in [0.15, 0.2) is 0 Å². The average molecular weight is 371 g/mol.